The number of hydrogen-bond acceptors (Lipinski definition) is 1. The van der Waals surface area contributed by atoms with E-state index in [0.717, 1.165) is 16.3 Å². The van der Waals surface area contributed by atoms with Crippen molar-refractivity contribution in [2.45, 2.75) is 12.5 Å². The monoisotopic (exact) mass is 344 g/mol. The molecular weight excluding hydrogens is 331 g/mol. The van der Waals surface area contributed by atoms with Gasteiger partial charge in [-0.25, -0.2) is 4.39 Å². The van der Waals surface area contributed by atoms with Crippen molar-refractivity contribution in [1.29, 1.82) is 0 Å². The van der Waals surface area contributed by atoms with E-state index in [1.807, 2.05) is 24.3 Å². The van der Waals surface area contributed by atoms with Crippen LogP contribution in [0.3, 0.4) is 0 Å². The standard InChI is InChI=1S/C18H14BrFO/c19-16-10-14(8-9-17(16)20)18(21)11-13-6-3-5-12-4-1-2-7-15(12)13/h1-10,18,21H,11H2. The summed E-state index contributed by atoms with van der Waals surface area (Å²) in [5, 5.41) is 12.7. The summed E-state index contributed by atoms with van der Waals surface area (Å²) in [7, 11) is 0. The largest absolute Gasteiger partial charge is 0.388 e. The Morgan fingerprint density at radius 1 is 1.00 bits per heavy atom. The first kappa shape index (κ1) is 14.2. The molecule has 0 radical (unpaired) electrons. The predicted octanol–water partition coefficient (Wildman–Crippen LogP) is 5.02. The van der Waals surface area contributed by atoms with Crippen LogP contribution in [-0.2, 0) is 6.42 Å². The number of fused-ring (bicyclic) bond motifs is 1. The van der Waals surface area contributed by atoms with E-state index >= 15 is 0 Å². The van der Waals surface area contributed by atoms with Crippen LogP contribution in [0.1, 0.15) is 17.2 Å². The Hall–Kier alpha value is -1.71. The van der Waals surface area contributed by atoms with Crippen molar-refractivity contribution in [2.24, 2.45) is 0 Å². The van der Waals surface area contributed by atoms with Gasteiger partial charge in [0.2, 0.25) is 0 Å². The van der Waals surface area contributed by atoms with Crippen molar-refractivity contribution >= 4 is 26.7 Å². The third kappa shape index (κ3) is 2.99. The molecule has 0 aliphatic rings. The first-order valence-corrected chi connectivity index (χ1v) is 7.54. The normalized spacial score (nSPS) is 12.5. The second-order valence-corrected chi connectivity index (χ2v) is 5.89. The molecule has 0 aromatic heterocycles. The second kappa shape index (κ2) is 5.96. The average molecular weight is 345 g/mol. The maximum absolute atomic E-state index is 13.3. The van der Waals surface area contributed by atoms with Crippen LogP contribution in [0, 0.1) is 5.82 Å². The minimum absolute atomic E-state index is 0.323. The van der Waals surface area contributed by atoms with Crippen molar-refractivity contribution in [1.82, 2.24) is 0 Å². The Balaban J connectivity index is 1.92. The molecule has 3 aromatic carbocycles. The number of rotatable bonds is 3. The Kier molecular flexibility index (Phi) is 4.04. The van der Waals surface area contributed by atoms with Crippen LogP contribution in [0.5, 0.6) is 0 Å². The molecule has 0 bridgehead atoms. The average Bonchev–Trinajstić information content (AvgIpc) is 2.50. The van der Waals surface area contributed by atoms with Gasteiger partial charge in [-0.3, -0.25) is 0 Å². The molecule has 21 heavy (non-hydrogen) atoms. The van der Waals surface area contributed by atoms with E-state index in [9.17, 15) is 9.50 Å². The van der Waals surface area contributed by atoms with Gasteiger partial charge in [0.15, 0.2) is 0 Å². The molecule has 1 N–H and O–H groups in total. The van der Waals surface area contributed by atoms with Gasteiger partial charge in [0.05, 0.1) is 10.6 Å². The molecule has 106 valence electrons. The summed E-state index contributed by atoms with van der Waals surface area (Å²) in [6.07, 6.45) is -0.160. The fourth-order valence-electron chi connectivity index (χ4n) is 2.52. The highest BCUT2D eigenvalue weighted by Crippen LogP contribution is 2.27. The second-order valence-electron chi connectivity index (χ2n) is 5.03. The highest BCUT2D eigenvalue weighted by atomic mass is 79.9. The van der Waals surface area contributed by atoms with Gasteiger partial charge in [-0.05, 0) is 50.0 Å². The van der Waals surface area contributed by atoms with Crippen LogP contribution >= 0.6 is 15.9 Å². The summed E-state index contributed by atoms with van der Waals surface area (Å²) in [4.78, 5) is 0. The van der Waals surface area contributed by atoms with Gasteiger partial charge in [0.1, 0.15) is 5.82 Å². The van der Waals surface area contributed by atoms with Crippen molar-refractivity contribution in [3.8, 4) is 0 Å². The lowest BCUT2D eigenvalue weighted by Crippen LogP contribution is -2.02. The van der Waals surface area contributed by atoms with Gasteiger partial charge in [-0.2, -0.15) is 0 Å². The summed E-state index contributed by atoms with van der Waals surface area (Å²) >= 11 is 3.15. The number of halogens is 2. The van der Waals surface area contributed by atoms with Crippen molar-refractivity contribution in [3.05, 3.63) is 82.1 Å². The fourth-order valence-corrected chi connectivity index (χ4v) is 2.91. The molecule has 0 saturated carbocycles. The van der Waals surface area contributed by atoms with Crippen LogP contribution < -0.4 is 0 Å². The summed E-state index contributed by atoms with van der Waals surface area (Å²) in [6, 6.07) is 18.8. The van der Waals surface area contributed by atoms with Gasteiger partial charge in [-0.1, -0.05) is 48.5 Å². The van der Waals surface area contributed by atoms with Crippen molar-refractivity contribution < 1.29 is 9.50 Å². The highest BCUT2D eigenvalue weighted by Gasteiger charge is 2.12. The zero-order valence-corrected chi connectivity index (χ0v) is 12.8. The van der Waals surface area contributed by atoms with Crippen molar-refractivity contribution in [3.63, 3.8) is 0 Å². The first-order chi connectivity index (χ1) is 10.1. The minimum Gasteiger partial charge on any atom is -0.388 e. The van der Waals surface area contributed by atoms with E-state index in [1.165, 1.54) is 6.07 Å². The van der Waals surface area contributed by atoms with E-state index in [0.29, 0.717) is 16.5 Å². The summed E-state index contributed by atoms with van der Waals surface area (Å²) in [5.41, 5.74) is 1.79. The van der Waals surface area contributed by atoms with E-state index in [1.54, 1.807) is 12.1 Å². The third-order valence-corrected chi connectivity index (χ3v) is 4.23. The summed E-state index contributed by atoms with van der Waals surface area (Å²) < 4.78 is 13.6. The molecule has 1 atom stereocenters. The van der Waals surface area contributed by atoms with E-state index in [2.05, 4.69) is 34.1 Å². The molecule has 0 heterocycles. The molecule has 3 aromatic rings. The third-order valence-electron chi connectivity index (χ3n) is 3.62. The van der Waals surface area contributed by atoms with E-state index in [-0.39, 0.29) is 5.82 Å². The lowest BCUT2D eigenvalue weighted by molar-refractivity contribution is 0.178. The van der Waals surface area contributed by atoms with Gasteiger partial charge in [0, 0.05) is 6.42 Å². The Bertz CT molecular complexity index is 780. The fraction of sp³-hybridized carbons (Fsp3) is 0.111. The van der Waals surface area contributed by atoms with Crippen LogP contribution in [0.25, 0.3) is 10.8 Å². The molecule has 0 aliphatic heterocycles. The van der Waals surface area contributed by atoms with Crippen LogP contribution in [0.15, 0.2) is 65.1 Å². The van der Waals surface area contributed by atoms with Crippen molar-refractivity contribution in [2.75, 3.05) is 0 Å². The van der Waals surface area contributed by atoms with Gasteiger partial charge in [-0.15, -0.1) is 0 Å². The molecule has 0 fully saturated rings. The number of aliphatic hydroxyl groups is 1. The number of aliphatic hydroxyl groups excluding tert-OH is 1. The topological polar surface area (TPSA) is 20.2 Å². The van der Waals surface area contributed by atoms with Crippen LogP contribution in [0.4, 0.5) is 4.39 Å². The van der Waals surface area contributed by atoms with Gasteiger partial charge >= 0.3 is 0 Å². The lowest BCUT2D eigenvalue weighted by atomic mass is 9.97. The zero-order chi connectivity index (χ0) is 14.8. The highest BCUT2D eigenvalue weighted by molar-refractivity contribution is 9.10. The quantitative estimate of drug-likeness (QED) is 0.707. The lowest BCUT2D eigenvalue weighted by Gasteiger charge is -2.13. The maximum atomic E-state index is 13.3. The Morgan fingerprint density at radius 2 is 1.76 bits per heavy atom. The summed E-state index contributed by atoms with van der Waals surface area (Å²) in [6.45, 7) is 0. The first-order valence-electron chi connectivity index (χ1n) is 6.75. The molecule has 3 heteroatoms. The molecule has 0 saturated heterocycles. The van der Waals surface area contributed by atoms with Crippen LogP contribution in [-0.4, -0.2) is 5.11 Å². The minimum atomic E-state index is -0.660. The van der Waals surface area contributed by atoms with Gasteiger partial charge in [0.25, 0.3) is 0 Å². The molecule has 0 amide bonds. The molecule has 3 rings (SSSR count). The molecule has 0 aliphatic carbocycles. The SMILES string of the molecule is OC(Cc1cccc2ccccc12)c1ccc(F)c(Br)c1. The summed E-state index contributed by atoms with van der Waals surface area (Å²) in [5.74, 6) is -0.323. The Labute approximate surface area is 131 Å². The number of hydrogen-bond donors (Lipinski definition) is 1. The van der Waals surface area contributed by atoms with Crippen LogP contribution in [0.2, 0.25) is 0 Å². The smallest absolute Gasteiger partial charge is 0.137 e. The van der Waals surface area contributed by atoms with E-state index in [4.69, 9.17) is 0 Å². The molecule has 1 nitrogen and oxygen atoms in total. The molecule has 0 spiro atoms. The zero-order valence-electron chi connectivity index (χ0n) is 11.3. The number of benzene rings is 3. The molecule has 1 unspecified atom stereocenters. The molecular formula is C18H14BrFO. The van der Waals surface area contributed by atoms with E-state index < -0.39 is 6.10 Å². The Morgan fingerprint density at radius 3 is 2.57 bits per heavy atom. The van der Waals surface area contributed by atoms with Gasteiger partial charge < -0.3 is 5.11 Å². The maximum Gasteiger partial charge on any atom is 0.137 e. The predicted molar refractivity (Wildman–Crippen MR) is 86.7 cm³/mol.